The molecule has 0 fully saturated rings. The summed E-state index contributed by atoms with van der Waals surface area (Å²) in [4.78, 5) is 12.2. The second-order valence-electron chi connectivity index (χ2n) is 8.96. The molecular formula is C30H51NO2. The van der Waals surface area contributed by atoms with Gasteiger partial charge in [-0.3, -0.25) is 4.79 Å². The highest BCUT2D eigenvalue weighted by molar-refractivity contribution is 5.87. The largest absolute Gasteiger partial charge is 0.388 e. The van der Waals surface area contributed by atoms with Crippen molar-refractivity contribution in [1.82, 2.24) is 5.32 Å². The summed E-state index contributed by atoms with van der Waals surface area (Å²) in [5.41, 5.74) is -0.777. The molecule has 0 saturated carbocycles. The van der Waals surface area contributed by atoms with Gasteiger partial charge in [-0.15, -0.1) is 0 Å². The lowest BCUT2D eigenvalue weighted by molar-refractivity contribution is -0.118. The van der Waals surface area contributed by atoms with Crippen LogP contribution in [0, 0.1) is 0 Å². The normalized spacial score (nSPS) is 13.0. The third-order valence-electron chi connectivity index (χ3n) is 5.64. The summed E-state index contributed by atoms with van der Waals surface area (Å²) in [6.07, 6.45) is 34.7. The van der Waals surface area contributed by atoms with E-state index in [1.54, 1.807) is 6.08 Å². The quantitative estimate of drug-likeness (QED) is 0.104. The Labute approximate surface area is 204 Å². The van der Waals surface area contributed by atoms with Crippen LogP contribution in [0.5, 0.6) is 0 Å². The molecule has 3 nitrogen and oxygen atoms in total. The number of hydrogen-bond acceptors (Lipinski definition) is 2. The Balaban J connectivity index is 4.23. The van der Waals surface area contributed by atoms with E-state index in [2.05, 4.69) is 44.3 Å². The van der Waals surface area contributed by atoms with E-state index >= 15 is 0 Å². The Hall–Kier alpha value is -1.87. The third kappa shape index (κ3) is 21.7. The molecule has 3 heteroatoms. The Bertz CT molecular complexity index is 586. The molecule has 0 aromatic carbocycles. The molecule has 188 valence electrons. The molecule has 2 N–H and O–H groups in total. The van der Waals surface area contributed by atoms with Gasteiger partial charge in [0.25, 0.3) is 0 Å². The van der Waals surface area contributed by atoms with E-state index in [0.29, 0.717) is 6.54 Å². The highest BCUT2D eigenvalue weighted by atomic mass is 16.3. The Morgan fingerprint density at radius 1 is 0.667 bits per heavy atom. The monoisotopic (exact) mass is 457 g/mol. The number of rotatable bonds is 21. The van der Waals surface area contributed by atoms with E-state index in [1.165, 1.54) is 32.1 Å². The third-order valence-corrected chi connectivity index (χ3v) is 5.64. The van der Waals surface area contributed by atoms with E-state index in [4.69, 9.17) is 0 Å². The van der Waals surface area contributed by atoms with Gasteiger partial charge in [0, 0.05) is 6.54 Å². The highest BCUT2D eigenvalue weighted by Gasteiger charge is 2.26. The van der Waals surface area contributed by atoms with Crippen LogP contribution in [-0.2, 0) is 4.79 Å². The van der Waals surface area contributed by atoms with Gasteiger partial charge in [0.05, 0.1) is 5.60 Å². The molecule has 0 saturated heterocycles. The standard InChI is InChI=1S/C30H51NO2/c1-4-7-10-13-14-15-16-17-18-19-20-21-22-25-29(32)31-28-30(33,26-23-11-8-5-2)27-24-12-9-6-3/h10,13-19,22,25,33H,4-9,11-12,20-21,23-24,26-28H2,1-3H3,(H,31,32). The van der Waals surface area contributed by atoms with Gasteiger partial charge in [0.2, 0.25) is 5.91 Å². The molecule has 0 aliphatic carbocycles. The lowest BCUT2D eigenvalue weighted by Crippen LogP contribution is -2.42. The zero-order chi connectivity index (χ0) is 24.5. The van der Waals surface area contributed by atoms with Crippen LogP contribution in [0.2, 0.25) is 0 Å². The van der Waals surface area contributed by atoms with Crippen molar-refractivity contribution in [2.24, 2.45) is 0 Å². The maximum Gasteiger partial charge on any atom is 0.243 e. The van der Waals surface area contributed by atoms with Gasteiger partial charge >= 0.3 is 0 Å². The lowest BCUT2D eigenvalue weighted by Gasteiger charge is -2.28. The summed E-state index contributed by atoms with van der Waals surface area (Å²) in [5, 5.41) is 14.0. The molecule has 0 radical (unpaired) electrons. The van der Waals surface area contributed by atoms with Gasteiger partial charge in [-0.1, -0.05) is 133 Å². The fourth-order valence-corrected chi connectivity index (χ4v) is 3.53. The fraction of sp³-hybridized carbons (Fsp3) is 0.633. The molecule has 0 spiro atoms. The first-order valence-corrected chi connectivity index (χ1v) is 13.4. The van der Waals surface area contributed by atoms with Crippen molar-refractivity contribution in [3.8, 4) is 0 Å². The zero-order valence-electron chi connectivity index (χ0n) is 21.7. The predicted octanol–water partition coefficient (Wildman–Crippen LogP) is 8.14. The Morgan fingerprint density at radius 3 is 1.73 bits per heavy atom. The average Bonchev–Trinajstić information content (AvgIpc) is 2.81. The van der Waals surface area contributed by atoms with E-state index in [1.807, 2.05) is 36.5 Å². The number of amides is 1. The molecule has 0 aromatic heterocycles. The minimum absolute atomic E-state index is 0.110. The number of nitrogens with one attached hydrogen (secondary N) is 1. The summed E-state index contributed by atoms with van der Waals surface area (Å²) in [5.74, 6) is -0.110. The first-order chi connectivity index (χ1) is 16.1. The first kappa shape index (κ1) is 31.1. The van der Waals surface area contributed by atoms with Crippen molar-refractivity contribution in [3.05, 3.63) is 60.8 Å². The summed E-state index contributed by atoms with van der Waals surface area (Å²) >= 11 is 0. The zero-order valence-corrected chi connectivity index (χ0v) is 21.7. The predicted molar refractivity (Wildman–Crippen MR) is 145 cm³/mol. The van der Waals surface area contributed by atoms with Crippen molar-refractivity contribution in [2.45, 2.75) is 116 Å². The average molecular weight is 458 g/mol. The second-order valence-corrected chi connectivity index (χ2v) is 8.96. The number of unbranched alkanes of at least 4 members (excludes halogenated alkanes) is 8. The smallest absolute Gasteiger partial charge is 0.243 e. The topological polar surface area (TPSA) is 49.3 Å². The molecule has 0 unspecified atom stereocenters. The number of carbonyl (C=O) groups excluding carboxylic acids is 1. The van der Waals surface area contributed by atoms with Crippen LogP contribution in [0.3, 0.4) is 0 Å². The van der Waals surface area contributed by atoms with Crippen molar-refractivity contribution in [2.75, 3.05) is 6.54 Å². The van der Waals surface area contributed by atoms with Gasteiger partial charge in [-0.05, 0) is 38.2 Å². The van der Waals surface area contributed by atoms with Gasteiger partial charge in [-0.2, -0.15) is 0 Å². The van der Waals surface area contributed by atoms with Gasteiger partial charge in [0.15, 0.2) is 0 Å². The van der Waals surface area contributed by atoms with Gasteiger partial charge in [0.1, 0.15) is 0 Å². The van der Waals surface area contributed by atoms with E-state index in [9.17, 15) is 9.90 Å². The Morgan fingerprint density at radius 2 is 1.18 bits per heavy atom. The second kappa shape index (κ2) is 23.3. The van der Waals surface area contributed by atoms with E-state index in [0.717, 1.165) is 57.8 Å². The molecule has 0 aliphatic heterocycles. The van der Waals surface area contributed by atoms with Crippen LogP contribution in [0.4, 0.5) is 0 Å². The molecular weight excluding hydrogens is 406 g/mol. The molecule has 33 heavy (non-hydrogen) atoms. The minimum Gasteiger partial charge on any atom is -0.388 e. The van der Waals surface area contributed by atoms with Crippen molar-refractivity contribution < 1.29 is 9.90 Å². The van der Waals surface area contributed by atoms with Crippen LogP contribution in [0.25, 0.3) is 0 Å². The summed E-state index contributed by atoms with van der Waals surface area (Å²) in [6.45, 7) is 6.91. The van der Waals surface area contributed by atoms with Crippen LogP contribution >= 0.6 is 0 Å². The molecule has 0 aliphatic rings. The maximum atomic E-state index is 12.2. The lowest BCUT2D eigenvalue weighted by atomic mass is 9.89. The van der Waals surface area contributed by atoms with Gasteiger partial charge in [-0.25, -0.2) is 0 Å². The summed E-state index contributed by atoms with van der Waals surface area (Å²) in [6, 6.07) is 0. The number of hydrogen-bond donors (Lipinski definition) is 2. The highest BCUT2D eigenvalue weighted by Crippen LogP contribution is 2.22. The van der Waals surface area contributed by atoms with Crippen LogP contribution in [0.15, 0.2) is 60.8 Å². The van der Waals surface area contributed by atoms with E-state index in [-0.39, 0.29) is 5.91 Å². The maximum absolute atomic E-state index is 12.2. The van der Waals surface area contributed by atoms with Crippen molar-refractivity contribution in [3.63, 3.8) is 0 Å². The molecule has 0 aromatic rings. The molecule has 1 amide bonds. The Kier molecular flexibility index (Phi) is 22.0. The van der Waals surface area contributed by atoms with Gasteiger partial charge < -0.3 is 10.4 Å². The summed E-state index contributed by atoms with van der Waals surface area (Å²) in [7, 11) is 0. The van der Waals surface area contributed by atoms with E-state index < -0.39 is 5.60 Å². The molecule has 0 atom stereocenters. The minimum atomic E-state index is -0.777. The van der Waals surface area contributed by atoms with Crippen molar-refractivity contribution in [1.29, 1.82) is 0 Å². The van der Waals surface area contributed by atoms with Crippen LogP contribution < -0.4 is 5.32 Å². The molecule has 0 bridgehead atoms. The van der Waals surface area contributed by atoms with Crippen LogP contribution in [0.1, 0.15) is 111 Å². The molecule has 0 rings (SSSR count). The number of allylic oxidation sites excluding steroid dienone is 9. The number of carbonyl (C=O) groups is 1. The van der Waals surface area contributed by atoms with Crippen LogP contribution in [-0.4, -0.2) is 23.2 Å². The fourth-order valence-electron chi connectivity index (χ4n) is 3.53. The first-order valence-electron chi connectivity index (χ1n) is 13.4. The van der Waals surface area contributed by atoms with Crippen molar-refractivity contribution >= 4 is 5.91 Å². The summed E-state index contributed by atoms with van der Waals surface area (Å²) < 4.78 is 0. The number of aliphatic hydroxyl groups is 1. The molecule has 0 heterocycles. The SMILES string of the molecule is CCCC=CC=CC=CC=CCCC=CC(=O)NCC(O)(CCCCCC)CCCCCC.